The van der Waals surface area contributed by atoms with E-state index in [1.165, 1.54) is 6.08 Å². The van der Waals surface area contributed by atoms with Gasteiger partial charge in [0, 0.05) is 0 Å². The second-order valence-electron chi connectivity index (χ2n) is 1.60. The molecule has 0 heterocycles. The van der Waals surface area contributed by atoms with E-state index in [0.29, 0.717) is 0 Å². The van der Waals surface area contributed by atoms with Crippen molar-refractivity contribution in [2.75, 3.05) is 0 Å². The summed E-state index contributed by atoms with van der Waals surface area (Å²) < 4.78 is 0. The summed E-state index contributed by atoms with van der Waals surface area (Å²) in [5, 5.41) is 2.08. The third kappa shape index (κ3) is 2.83. The van der Waals surface area contributed by atoms with Crippen LogP contribution in [0.2, 0.25) is 0 Å². The molecule has 1 atom stereocenters. The first-order chi connectivity index (χ1) is 4.57. The van der Waals surface area contributed by atoms with Gasteiger partial charge in [-0.05, 0) is 0 Å². The average Bonchev–Trinajstić information content (AvgIpc) is 1.87. The lowest BCUT2D eigenvalue weighted by molar-refractivity contribution is -0.137. The molecule has 5 N–H and O–H groups in total. The fraction of sp³-hybridized carbons (Fsp3) is 0.200. The maximum Gasteiger partial charge on any atom is 0.310 e. The number of amides is 2. The largest absolute Gasteiger partial charge is 0.361 e. The van der Waals surface area contributed by atoms with Gasteiger partial charge in [-0.15, -0.1) is 0 Å². The van der Waals surface area contributed by atoms with Crippen molar-refractivity contribution in [3.05, 3.63) is 12.7 Å². The summed E-state index contributed by atoms with van der Waals surface area (Å²) in [6.45, 7) is 3.28. The summed E-state index contributed by atoms with van der Waals surface area (Å²) in [4.78, 5) is 20.5. The van der Waals surface area contributed by atoms with Gasteiger partial charge >= 0.3 is 11.8 Å². The normalized spacial score (nSPS) is 11.7. The van der Waals surface area contributed by atoms with E-state index in [-0.39, 0.29) is 0 Å². The van der Waals surface area contributed by atoms with Gasteiger partial charge in [-0.1, -0.05) is 12.7 Å². The molecule has 0 rings (SSSR count). The second kappa shape index (κ2) is 3.62. The zero-order valence-corrected chi connectivity index (χ0v) is 5.33. The van der Waals surface area contributed by atoms with Crippen molar-refractivity contribution in [1.82, 2.24) is 5.32 Å². The van der Waals surface area contributed by atoms with Gasteiger partial charge in [-0.3, -0.25) is 9.59 Å². The monoisotopic (exact) mass is 143 g/mol. The van der Waals surface area contributed by atoms with Crippen molar-refractivity contribution in [3.63, 3.8) is 0 Å². The van der Waals surface area contributed by atoms with Crippen LogP contribution in [0.25, 0.3) is 0 Å². The zero-order valence-electron chi connectivity index (χ0n) is 5.33. The lowest BCUT2D eigenvalue weighted by Gasteiger charge is -2.05. The minimum atomic E-state index is -1.06. The van der Waals surface area contributed by atoms with Crippen LogP contribution in [0, 0.1) is 0 Å². The molecule has 0 aromatic rings. The van der Waals surface area contributed by atoms with Gasteiger partial charge in [0.15, 0.2) is 0 Å². The van der Waals surface area contributed by atoms with Crippen LogP contribution in [0.5, 0.6) is 0 Å². The molecule has 0 fully saturated rings. The smallest absolute Gasteiger partial charge is 0.310 e. The number of primary amides is 1. The van der Waals surface area contributed by atoms with E-state index in [1.807, 2.05) is 0 Å². The van der Waals surface area contributed by atoms with Crippen LogP contribution >= 0.6 is 0 Å². The predicted molar refractivity (Wildman–Crippen MR) is 35.5 cm³/mol. The molecule has 56 valence electrons. The summed E-state index contributed by atoms with van der Waals surface area (Å²) in [6, 6.07) is 0. The van der Waals surface area contributed by atoms with Gasteiger partial charge in [0.05, 0.1) is 6.17 Å². The first-order valence-electron chi connectivity index (χ1n) is 2.56. The minimum Gasteiger partial charge on any atom is -0.361 e. The maximum absolute atomic E-state index is 10.4. The number of nitrogens with two attached hydrogens (primary N) is 2. The Balaban J connectivity index is 3.79. The number of carbonyl (C=O) groups is 2. The highest BCUT2D eigenvalue weighted by molar-refractivity contribution is 6.34. The fourth-order valence-corrected chi connectivity index (χ4v) is 0.281. The zero-order chi connectivity index (χ0) is 8.15. The van der Waals surface area contributed by atoms with Crippen molar-refractivity contribution < 1.29 is 9.59 Å². The molecule has 0 saturated carbocycles. The van der Waals surface area contributed by atoms with Crippen LogP contribution in [0.15, 0.2) is 12.7 Å². The standard InChI is InChI=1S/C5H9N3O2/c1-2-3(6)8-5(10)4(7)9/h2-3H,1,6H2,(H2,7,9)(H,8,10). The number of rotatable bonds is 2. The number of carbonyl (C=O) groups excluding carboxylic acids is 2. The van der Waals surface area contributed by atoms with Crippen LogP contribution < -0.4 is 16.8 Å². The predicted octanol–water partition coefficient (Wildman–Crippen LogP) is -1.94. The highest BCUT2D eigenvalue weighted by Crippen LogP contribution is 1.71. The lowest BCUT2D eigenvalue weighted by Crippen LogP contribution is -2.45. The summed E-state index contributed by atoms with van der Waals surface area (Å²) in [5.74, 6) is -1.97. The summed E-state index contributed by atoms with van der Waals surface area (Å²) in [5.41, 5.74) is 9.75. The Bertz CT molecular complexity index is 166. The first-order valence-corrected chi connectivity index (χ1v) is 2.56. The van der Waals surface area contributed by atoms with Crippen LogP contribution in [0.1, 0.15) is 0 Å². The highest BCUT2D eigenvalue weighted by atomic mass is 16.2. The van der Waals surface area contributed by atoms with E-state index in [1.54, 1.807) is 0 Å². The molecule has 0 aliphatic rings. The SMILES string of the molecule is C=CC(N)NC(=O)C(N)=O. The molecule has 0 spiro atoms. The van der Waals surface area contributed by atoms with Gasteiger partial charge in [0.25, 0.3) is 0 Å². The molecule has 0 bridgehead atoms. The van der Waals surface area contributed by atoms with Crippen molar-refractivity contribution in [2.24, 2.45) is 11.5 Å². The average molecular weight is 143 g/mol. The third-order valence-corrected chi connectivity index (χ3v) is 0.775. The van der Waals surface area contributed by atoms with Crippen molar-refractivity contribution in [3.8, 4) is 0 Å². The van der Waals surface area contributed by atoms with Crippen molar-refractivity contribution in [1.29, 1.82) is 0 Å². The molecular weight excluding hydrogens is 134 g/mol. The summed E-state index contributed by atoms with van der Waals surface area (Å²) >= 11 is 0. The van der Waals surface area contributed by atoms with Gasteiger partial charge in [0.2, 0.25) is 0 Å². The van der Waals surface area contributed by atoms with Gasteiger partial charge in [-0.25, -0.2) is 0 Å². The lowest BCUT2D eigenvalue weighted by atomic mass is 10.4. The van der Waals surface area contributed by atoms with E-state index in [0.717, 1.165) is 0 Å². The molecule has 10 heavy (non-hydrogen) atoms. The third-order valence-electron chi connectivity index (χ3n) is 0.775. The van der Waals surface area contributed by atoms with E-state index in [9.17, 15) is 9.59 Å². The first kappa shape index (κ1) is 8.64. The Morgan fingerprint density at radius 2 is 2.10 bits per heavy atom. The maximum atomic E-state index is 10.4. The molecule has 0 radical (unpaired) electrons. The number of hydrogen-bond acceptors (Lipinski definition) is 3. The Morgan fingerprint density at radius 1 is 1.60 bits per heavy atom. The van der Waals surface area contributed by atoms with Gasteiger partial charge in [-0.2, -0.15) is 0 Å². The highest BCUT2D eigenvalue weighted by Gasteiger charge is 2.09. The molecule has 2 amide bonds. The molecule has 0 aromatic carbocycles. The van der Waals surface area contributed by atoms with E-state index < -0.39 is 18.0 Å². The van der Waals surface area contributed by atoms with Crippen LogP contribution in [0.4, 0.5) is 0 Å². The van der Waals surface area contributed by atoms with E-state index >= 15 is 0 Å². The molecule has 0 aliphatic heterocycles. The summed E-state index contributed by atoms with van der Waals surface area (Å²) in [6.07, 6.45) is 0.556. The molecule has 1 unspecified atom stereocenters. The fourth-order valence-electron chi connectivity index (χ4n) is 0.281. The van der Waals surface area contributed by atoms with Crippen molar-refractivity contribution in [2.45, 2.75) is 6.17 Å². The quantitative estimate of drug-likeness (QED) is 0.238. The Morgan fingerprint density at radius 3 is 2.40 bits per heavy atom. The Hall–Kier alpha value is -1.36. The molecule has 0 aromatic heterocycles. The number of nitrogens with one attached hydrogen (secondary N) is 1. The van der Waals surface area contributed by atoms with Gasteiger partial charge in [0.1, 0.15) is 0 Å². The molecule has 5 heteroatoms. The number of hydrogen-bond donors (Lipinski definition) is 3. The van der Waals surface area contributed by atoms with E-state index in [4.69, 9.17) is 5.73 Å². The van der Waals surface area contributed by atoms with E-state index in [2.05, 4.69) is 17.6 Å². The van der Waals surface area contributed by atoms with Crippen LogP contribution in [-0.4, -0.2) is 18.0 Å². The van der Waals surface area contributed by atoms with Crippen molar-refractivity contribution >= 4 is 11.8 Å². The summed E-state index contributed by atoms with van der Waals surface area (Å²) in [7, 11) is 0. The Labute approximate surface area is 58.1 Å². The topological polar surface area (TPSA) is 98.2 Å². The van der Waals surface area contributed by atoms with Crippen LogP contribution in [0.3, 0.4) is 0 Å². The molecule has 5 nitrogen and oxygen atoms in total. The molecule has 0 saturated heterocycles. The molecular formula is C5H9N3O2. The minimum absolute atomic E-state index is 0.722. The Kier molecular flexibility index (Phi) is 3.13. The van der Waals surface area contributed by atoms with Crippen LogP contribution in [-0.2, 0) is 9.59 Å². The van der Waals surface area contributed by atoms with Gasteiger partial charge < -0.3 is 16.8 Å². The molecule has 0 aliphatic carbocycles. The second-order valence-corrected chi connectivity index (χ2v) is 1.60.